The number of rotatable bonds is 4. The van der Waals surface area contributed by atoms with Crippen molar-refractivity contribution in [3.63, 3.8) is 0 Å². The molecule has 0 amide bonds. The molecule has 0 aliphatic heterocycles. The molecular weight excluding hydrogens is 360 g/mol. The predicted octanol–water partition coefficient (Wildman–Crippen LogP) is 4.67. The number of sulfonamides is 1. The molecule has 0 aliphatic carbocycles. The molecule has 2 rings (SSSR count). The third-order valence-electron chi connectivity index (χ3n) is 2.69. The van der Waals surface area contributed by atoms with Gasteiger partial charge in [-0.15, -0.1) is 11.6 Å². The van der Waals surface area contributed by atoms with Crippen LogP contribution in [0.2, 0.25) is 10.0 Å². The lowest BCUT2D eigenvalue weighted by Gasteiger charge is -2.12. The van der Waals surface area contributed by atoms with Crippen LogP contribution in [0, 0.1) is 5.82 Å². The number of benzene rings is 2. The van der Waals surface area contributed by atoms with E-state index in [0.29, 0.717) is 11.3 Å². The van der Waals surface area contributed by atoms with Crippen molar-refractivity contribution in [2.75, 3.05) is 4.72 Å². The van der Waals surface area contributed by atoms with Crippen LogP contribution in [0.25, 0.3) is 0 Å². The van der Waals surface area contributed by atoms with Crippen LogP contribution in [0.5, 0.6) is 0 Å². The molecule has 0 saturated carbocycles. The van der Waals surface area contributed by atoms with Gasteiger partial charge in [0.1, 0.15) is 4.90 Å². The molecule has 3 nitrogen and oxygen atoms in total. The second-order valence-electron chi connectivity index (χ2n) is 4.07. The van der Waals surface area contributed by atoms with Gasteiger partial charge in [-0.3, -0.25) is 4.72 Å². The smallest absolute Gasteiger partial charge is 0.263 e. The zero-order chi connectivity index (χ0) is 15.6. The highest BCUT2D eigenvalue weighted by atomic mass is 35.5. The predicted molar refractivity (Wildman–Crippen MR) is 83.2 cm³/mol. The van der Waals surface area contributed by atoms with E-state index in [1.165, 1.54) is 0 Å². The molecule has 0 aromatic heterocycles. The Hall–Kier alpha value is -1.01. The molecule has 21 heavy (non-hydrogen) atoms. The zero-order valence-electron chi connectivity index (χ0n) is 10.4. The zero-order valence-corrected chi connectivity index (χ0v) is 13.5. The molecule has 0 aliphatic rings. The van der Waals surface area contributed by atoms with Crippen molar-refractivity contribution in [3.05, 3.63) is 57.8 Å². The molecule has 0 atom stereocenters. The van der Waals surface area contributed by atoms with Crippen LogP contribution < -0.4 is 4.72 Å². The topological polar surface area (TPSA) is 46.2 Å². The van der Waals surface area contributed by atoms with Gasteiger partial charge in [0.25, 0.3) is 10.0 Å². The van der Waals surface area contributed by atoms with E-state index in [2.05, 4.69) is 4.72 Å². The first kappa shape index (κ1) is 16.4. The number of nitrogens with one attached hydrogen (secondary N) is 1. The van der Waals surface area contributed by atoms with Crippen LogP contribution in [0.4, 0.5) is 10.1 Å². The largest absolute Gasteiger partial charge is 0.279 e. The number of hydrogen-bond acceptors (Lipinski definition) is 2. The summed E-state index contributed by atoms with van der Waals surface area (Å²) in [5, 5.41) is -0.807. The molecule has 0 bridgehead atoms. The Morgan fingerprint density at radius 3 is 2.43 bits per heavy atom. The monoisotopic (exact) mass is 367 g/mol. The van der Waals surface area contributed by atoms with Gasteiger partial charge in [0.2, 0.25) is 0 Å². The minimum absolute atomic E-state index is 0.126. The van der Waals surface area contributed by atoms with Crippen molar-refractivity contribution in [1.82, 2.24) is 0 Å². The summed E-state index contributed by atoms with van der Waals surface area (Å²) in [5.41, 5.74) is 0.896. The number of hydrogen-bond donors (Lipinski definition) is 1. The molecule has 0 spiro atoms. The summed E-state index contributed by atoms with van der Waals surface area (Å²) in [5.74, 6) is -0.853. The van der Waals surface area contributed by atoms with Gasteiger partial charge in [-0.2, -0.15) is 0 Å². The van der Waals surface area contributed by atoms with Crippen LogP contribution in [-0.2, 0) is 15.9 Å². The van der Waals surface area contributed by atoms with E-state index in [-0.39, 0.29) is 10.9 Å². The van der Waals surface area contributed by atoms with E-state index >= 15 is 0 Å². The van der Waals surface area contributed by atoms with Gasteiger partial charge in [-0.05, 0) is 23.8 Å². The fourth-order valence-electron chi connectivity index (χ4n) is 1.65. The molecule has 112 valence electrons. The minimum atomic E-state index is -4.06. The van der Waals surface area contributed by atoms with Gasteiger partial charge < -0.3 is 0 Å². The second-order valence-corrected chi connectivity index (χ2v) is 6.77. The normalized spacial score (nSPS) is 11.4. The molecule has 0 unspecified atom stereocenters. The maximum Gasteiger partial charge on any atom is 0.263 e. The molecule has 0 saturated heterocycles. The minimum Gasteiger partial charge on any atom is -0.279 e. The first-order valence-electron chi connectivity index (χ1n) is 5.67. The highest BCUT2D eigenvalue weighted by molar-refractivity contribution is 7.92. The molecular formula is C13H9Cl3FNO2S. The lowest BCUT2D eigenvalue weighted by atomic mass is 10.2. The van der Waals surface area contributed by atoms with E-state index in [0.717, 1.165) is 12.1 Å². The molecule has 1 N–H and O–H groups in total. The Balaban J connectivity index is 2.46. The first-order valence-corrected chi connectivity index (χ1v) is 8.44. The summed E-state index contributed by atoms with van der Waals surface area (Å²) in [7, 11) is -4.06. The Morgan fingerprint density at radius 1 is 1.10 bits per heavy atom. The van der Waals surface area contributed by atoms with Crippen molar-refractivity contribution in [2.45, 2.75) is 10.8 Å². The first-order chi connectivity index (χ1) is 9.86. The van der Waals surface area contributed by atoms with Crippen LogP contribution in [0.15, 0.2) is 41.3 Å². The molecule has 2 aromatic carbocycles. The van der Waals surface area contributed by atoms with E-state index in [1.807, 2.05) is 0 Å². The summed E-state index contributed by atoms with van der Waals surface area (Å²) < 4.78 is 40.6. The van der Waals surface area contributed by atoms with Gasteiger partial charge in [0.15, 0.2) is 5.82 Å². The van der Waals surface area contributed by atoms with Crippen molar-refractivity contribution in [2.24, 2.45) is 0 Å². The average Bonchev–Trinajstić information content (AvgIpc) is 2.44. The summed E-state index contributed by atoms with van der Waals surface area (Å²) in [6, 6.07) is 8.87. The van der Waals surface area contributed by atoms with E-state index in [4.69, 9.17) is 34.8 Å². The average molecular weight is 369 g/mol. The standard InChI is InChI=1S/C13H9Cl3FNO2S/c14-7-8-3-1-2-4-10(8)18-21(19,20)11-6-5-9(15)13(17)12(11)16/h1-6,18H,7H2. The lowest BCUT2D eigenvalue weighted by Crippen LogP contribution is -2.15. The quantitative estimate of drug-likeness (QED) is 0.629. The lowest BCUT2D eigenvalue weighted by molar-refractivity contribution is 0.595. The van der Waals surface area contributed by atoms with Gasteiger partial charge in [0, 0.05) is 5.88 Å². The SMILES string of the molecule is O=S(=O)(Nc1ccccc1CCl)c1ccc(Cl)c(F)c1Cl. The van der Waals surface area contributed by atoms with Crippen molar-refractivity contribution >= 4 is 50.5 Å². The van der Waals surface area contributed by atoms with E-state index < -0.39 is 25.8 Å². The Labute approximate surface area is 136 Å². The molecule has 0 radical (unpaired) electrons. The van der Waals surface area contributed by atoms with E-state index in [9.17, 15) is 12.8 Å². The van der Waals surface area contributed by atoms with Crippen LogP contribution >= 0.6 is 34.8 Å². The highest BCUT2D eigenvalue weighted by Gasteiger charge is 2.22. The number of alkyl halides is 1. The summed E-state index contributed by atoms with van der Waals surface area (Å²) in [6.45, 7) is 0. The van der Waals surface area contributed by atoms with Crippen LogP contribution in [0.3, 0.4) is 0 Å². The molecule has 0 fully saturated rings. The third-order valence-corrected chi connectivity index (χ3v) is 5.16. The highest BCUT2D eigenvalue weighted by Crippen LogP contribution is 2.31. The van der Waals surface area contributed by atoms with E-state index in [1.54, 1.807) is 24.3 Å². The van der Waals surface area contributed by atoms with Gasteiger partial charge in [0.05, 0.1) is 15.7 Å². The summed E-state index contributed by atoms with van der Waals surface area (Å²) >= 11 is 17.0. The van der Waals surface area contributed by atoms with Crippen molar-refractivity contribution < 1.29 is 12.8 Å². The Morgan fingerprint density at radius 2 is 1.76 bits per heavy atom. The maximum absolute atomic E-state index is 13.6. The van der Waals surface area contributed by atoms with Crippen LogP contribution in [0.1, 0.15) is 5.56 Å². The Kier molecular flexibility index (Phi) is 4.99. The number of para-hydroxylation sites is 1. The van der Waals surface area contributed by atoms with Crippen molar-refractivity contribution in [1.29, 1.82) is 0 Å². The molecule has 2 aromatic rings. The fourth-order valence-corrected chi connectivity index (χ4v) is 3.73. The number of halogens is 4. The van der Waals surface area contributed by atoms with Gasteiger partial charge >= 0.3 is 0 Å². The second kappa shape index (κ2) is 6.40. The fraction of sp³-hybridized carbons (Fsp3) is 0.0769. The third kappa shape index (κ3) is 3.43. The summed E-state index contributed by atoms with van der Waals surface area (Å²) in [4.78, 5) is -0.393. The van der Waals surface area contributed by atoms with Gasteiger partial charge in [-0.25, -0.2) is 12.8 Å². The van der Waals surface area contributed by atoms with Crippen molar-refractivity contribution in [3.8, 4) is 0 Å². The summed E-state index contributed by atoms with van der Waals surface area (Å²) in [6.07, 6.45) is 0. The maximum atomic E-state index is 13.6. The number of anilines is 1. The molecule has 8 heteroatoms. The van der Waals surface area contributed by atoms with Crippen LogP contribution in [-0.4, -0.2) is 8.42 Å². The molecule has 0 heterocycles. The van der Waals surface area contributed by atoms with Gasteiger partial charge in [-0.1, -0.05) is 41.4 Å². The Bertz CT molecular complexity index is 781.